The van der Waals surface area contributed by atoms with Crippen LogP contribution in [0.2, 0.25) is 0 Å². The Bertz CT molecular complexity index is 3060. The second-order valence-electron chi connectivity index (χ2n) is 15.6. The normalized spacial score (nSPS) is 12.5. The summed E-state index contributed by atoms with van der Waals surface area (Å²) in [6.45, 7) is 0. The van der Waals surface area contributed by atoms with Crippen molar-refractivity contribution in [1.82, 2.24) is 0 Å². The molecule has 60 heavy (non-hydrogen) atoms. The molecule has 0 aromatic heterocycles. The van der Waals surface area contributed by atoms with Crippen LogP contribution in [0.4, 0.5) is 17.1 Å². The number of hydrogen-bond donors (Lipinski definition) is 0. The van der Waals surface area contributed by atoms with Crippen LogP contribution in [0.5, 0.6) is 0 Å². The minimum atomic E-state index is -0.509. The zero-order valence-electron chi connectivity index (χ0n) is 33.1. The van der Waals surface area contributed by atoms with Crippen molar-refractivity contribution < 1.29 is 0 Å². The summed E-state index contributed by atoms with van der Waals surface area (Å²) in [6.07, 6.45) is 0. The predicted molar refractivity (Wildman–Crippen MR) is 252 cm³/mol. The van der Waals surface area contributed by atoms with Gasteiger partial charge in [0.15, 0.2) is 0 Å². The highest BCUT2D eigenvalue weighted by Gasteiger charge is 2.47. The first-order chi connectivity index (χ1) is 29.8. The van der Waals surface area contributed by atoms with E-state index in [9.17, 15) is 0 Å². The van der Waals surface area contributed by atoms with Gasteiger partial charge in [-0.25, -0.2) is 0 Å². The van der Waals surface area contributed by atoms with Gasteiger partial charge in [-0.2, -0.15) is 0 Å². The molecule has 0 radical (unpaired) electrons. The summed E-state index contributed by atoms with van der Waals surface area (Å²) in [5, 5.41) is 2.40. The Labute approximate surface area is 352 Å². The Kier molecular flexibility index (Phi) is 8.79. The lowest BCUT2D eigenvalue weighted by molar-refractivity contribution is 0.768. The van der Waals surface area contributed by atoms with Gasteiger partial charge in [-0.3, -0.25) is 0 Å². The van der Waals surface area contributed by atoms with Crippen molar-refractivity contribution >= 4 is 27.8 Å². The summed E-state index contributed by atoms with van der Waals surface area (Å²) in [4.78, 5) is 2.50. The van der Waals surface area contributed by atoms with E-state index in [2.05, 4.69) is 254 Å². The van der Waals surface area contributed by atoms with Crippen molar-refractivity contribution in [1.29, 1.82) is 0 Å². The minimum absolute atomic E-state index is 0.509. The molecule has 0 bridgehead atoms. The van der Waals surface area contributed by atoms with E-state index in [0.29, 0.717) is 0 Å². The highest BCUT2D eigenvalue weighted by Crippen LogP contribution is 2.59. The second-order valence-corrected chi connectivity index (χ2v) is 15.6. The van der Waals surface area contributed by atoms with Gasteiger partial charge in [0.05, 0.1) is 16.8 Å². The van der Waals surface area contributed by atoms with E-state index in [-0.39, 0.29) is 0 Å². The molecule has 0 heterocycles. The molecule has 0 amide bonds. The smallest absolute Gasteiger partial charge is 0.0714 e. The molecule has 282 valence electrons. The fourth-order valence-electron chi connectivity index (χ4n) is 9.70. The van der Waals surface area contributed by atoms with Gasteiger partial charge in [-0.05, 0) is 90.8 Å². The molecule has 0 atom stereocenters. The standard InChI is InChI=1S/C59H41N/c1-5-18-42(19-6-1)44-32-34-46(35-33-44)50-40-41-56(52-27-14-13-26-51(50)52)60(49-38-36-45(37-39-49)43-20-7-2-8-21-43)57-31-17-30-55-58(57)53-28-15-16-29-54(53)59(55,47-22-9-3-10-23-47)48-24-11-4-12-25-48/h1-41H. The monoisotopic (exact) mass is 763 g/mol. The lowest BCUT2D eigenvalue weighted by Crippen LogP contribution is -2.28. The zero-order chi connectivity index (χ0) is 39.9. The van der Waals surface area contributed by atoms with Crippen molar-refractivity contribution in [3.05, 3.63) is 271 Å². The summed E-state index contributed by atoms with van der Waals surface area (Å²) in [5.41, 5.74) is 17.7. The molecule has 1 heteroatoms. The van der Waals surface area contributed by atoms with E-state index >= 15 is 0 Å². The van der Waals surface area contributed by atoms with Crippen molar-refractivity contribution in [2.24, 2.45) is 0 Å². The molecule has 0 saturated heterocycles. The van der Waals surface area contributed by atoms with Crippen molar-refractivity contribution in [3.63, 3.8) is 0 Å². The van der Waals surface area contributed by atoms with Gasteiger partial charge in [-0.1, -0.05) is 224 Å². The van der Waals surface area contributed by atoms with Crippen LogP contribution in [-0.4, -0.2) is 0 Å². The van der Waals surface area contributed by atoms with Gasteiger partial charge in [0, 0.05) is 16.6 Å². The third-order valence-electron chi connectivity index (χ3n) is 12.4. The van der Waals surface area contributed by atoms with Crippen molar-refractivity contribution in [2.75, 3.05) is 4.90 Å². The van der Waals surface area contributed by atoms with Crippen LogP contribution in [0.15, 0.2) is 249 Å². The average Bonchev–Trinajstić information content (AvgIpc) is 3.65. The molecule has 1 aliphatic rings. The first-order valence-corrected chi connectivity index (χ1v) is 20.8. The first-order valence-electron chi connectivity index (χ1n) is 20.8. The number of anilines is 3. The summed E-state index contributed by atoms with van der Waals surface area (Å²) in [7, 11) is 0. The topological polar surface area (TPSA) is 3.24 Å². The molecule has 10 aromatic carbocycles. The van der Waals surface area contributed by atoms with E-state index in [1.165, 1.54) is 77.5 Å². The molecular weight excluding hydrogens is 723 g/mol. The Morgan fingerprint density at radius 3 is 1.35 bits per heavy atom. The summed E-state index contributed by atoms with van der Waals surface area (Å²) < 4.78 is 0. The SMILES string of the molecule is c1ccc(-c2ccc(-c3ccc(N(c4ccc(-c5ccccc5)cc4)c4cccc5c4-c4ccccc4C5(c4ccccc4)c4ccccc4)c4ccccc34)cc2)cc1. The van der Waals surface area contributed by atoms with Crippen LogP contribution >= 0.6 is 0 Å². The second kappa shape index (κ2) is 14.9. The number of rotatable bonds is 8. The molecule has 0 saturated carbocycles. The fourth-order valence-corrected chi connectivity index (χ4v) is 9.70. The largest absolute Gasteiger partial charge is 0.309 e. The molecule has 0 N–H and O–H groups in total. The van der Waals surface area contributed by atoms with Crippen LogP contribution in [0.25, 0.3) is 55.3 Å². The Morgan fingerprint density at radius 2 is 0.733 bits per heavy atom. The maximum atomic E-state index is 2.50. The highest BCUT2D eigenvalue weighted by atomic mass is 15.1. The van der Waals surface area contributed by atoms with E-state index in [1.807, 2.05) is 0 Å². The molecule has 1 aliphatic carbocycles. The molecule has 10 aromatic rings. The fraction of sp³-hybridized carbons (Fsp3) is 0.0169. The van der Waals surface area contributed by atoms with E-state index in [1.54, 1.807) is 0 Å². The highest BCUT2D eigenvalue weighted by molar-refractivity contribution is 6.08. The molecule has 0 spiro atoms. The van der Waals surface area contributed by atoms with Crippen LogP contribution < -0.4 is 4.90 Å². The average molecular weight is 764 g/mol. The molecular formula is C59H41N. The van der Waals surface area contributed by atoms with E-state index in [4.69, 9.17) is 0 Å². The Morgan fingerprint density at radius 1 is 0.267 bits per heavy atom. The number of nitrogens with zero attached hydrogens (tertiary/aromatic N) is 1. The van der Waals surface area contributed by atoms with Gasteiger partial charge < -0.3 is 4.90 Å². The quantitative estimate of drug-likeness (QED) is 0.149. The van der Waals surface area contributed by atoms with Gasteiger partial charge in [0.1, 0.15) is 0 Å². The summed E-state index contributed by atoms with van der Waals surface area (Å²) in [6, 6.07) is 91.0. The van der Waals surface area contributed by atoms with Gasteiger partial charge in [0.2, 0.25) is 0 Å². The van der Waals surface area contributed by atoms with Gasteiger partial charge in [-0.15, -0.1) is 0 Å². The van der Waals surface area contributed by atoms with Crippen LogP contribution in [0.1, 0.15) is 22.3 Å². The molecule has 0 fully saturated rings. The van der Waals surface area contributed by atoms with Crippen LogP contribution in [-0.2, 0) is 5.41 Å². The van der Waals surface area contributed by atoms with Crippen LogP contribution in [0.3, 0.4) is 0 Å². The van der Waals surface area contributed by atoms with E-state index < -0.39 is 5.41 Å². The molecule has 0 unspecified atom stereocenters. The maximum absolute atomic E-state index is 2.50. The lowest BCUT2D eigenvalue weighted by Gasteiger charge is -2.34. The van der Waals surface area contributed by atoms with Gasteiger partial charge >= 0.3 is 0 Å². The lowest BCUT2D eigenvalue weighted by atomic mass is 9.68. The Balaban J connectivity index is 1.16. The first kappa shape index (κ1) is 35.4. The van der Waals surface area contributed by atoms with Gasteiger partial charge in [0.25, 0.3) is 0 Å². The third-order valence-corrected chi connectivity index (χ3v) is 12.4. The van der Waals surface area contributed by atoms with E-state index in [0.717, 1.165) is 17.1 Å². The summed E-state index contributed by atoms with van der Waals surface area (Å²) in [5.74, 6) is 0. The molecule has 11 rings (SSSR count). The van der Waals surface area contributed by atoms with Crippen LogP contribution in [0, 0.1) is 0 Å². The number of fused-ring (bicyclic) bond motifs is 4. The third kappa shape index (κ3) is 5.78. The minimum Gasteiger partial charge on any atom is -0.309 e. The Hall–Kier alpha value is -7.74. The zero-order valence-corrected chi connectivity index (χ0v) is 33.1. The predicted octanol–water partition coefficient (Wildman–Crippen LogP) is 15.7. The maximum Gasteiger partial charge on any atom is 0.0714 e. The molecule has 0 aliphatic heterocycles. The van der Waals surface area contributed by atoms with Crippen molar-refractivity contribution in [2.45, 2.75) is 5.41 Å². The number of hydrogen-bond acceptors (Lipinski definition) is 1. The number of benzene rings is 10. The van der Waals surface area contributed by atoms with Crippen molar-refractivity contribution in [3.8, 4) is 44.5 Å². The summed E-state index contributed by atoms with van der Waals surface area (Å²) >= 11 is 0. The molecule has 1 nitrogen and oxygen atoms in total.